The number of rotatable bonds is 4. The Labute approximate surface area is 153 Å². The van der Waals surface area contributed by atoms with E-state index in [1.165, 1.54) is 6.42 Å². The molecule has 1 aliphatic carbocycles. The minimum Gasteiger partial charge on any atom is -0.325 e. The Hall–Kier alpha value is -2.88. The summed E-state index contributed by atoms with van der Waals surface area (Å²) in [5, 5.41) is 11.6. The van der Waals surface area contributed by atoms with Crippen molar-refractivity contribution in [3.63, 3.8) is 0 Å². The second-order valence-corrected chi connectivity index (χ2v) is 6.90. The molecule has 0 aliphatic heterocycles. The van der Waals surface area contributed by atoms with Gasteiger partial charge in [0.25, 0.3) is 0 Å². The molecule has 1 aromatic heterocycles. The molecule has 26 heavy (non-hydrogen) atoms. The third-order valence-corrected chi connectivity index (χ3v) is 5.12. The fourth-order valence-corrected chi connectivity index (χ4v) is 3.64. The summed E-state index contributed by atoms with van der Waals surface area (Å²) in [6.45, 7) is 0. The summed E-state index contributed by atoms with van der Waals surface area (Å²) in [6.07, 6.45) is 9.58. The maximum atomic E-state index is 12.6. The van der Waals surface area contributed by atoms with E-state index in [9.17, 15) is 4.79 Å². The molecule has 132 valence electrons. The Morgan fingerprint density at radius 1 is 1.00 bits per heavy atom. The highest BCUT2D eigenvalue weighted by Gasteiger charge is 2.21. The van der Waals surface area contributed by atoms with Gasteiger partial charge in [-0.3, -0.25) is 9.89 Å². The van der Waals surface area contributed by atoms with Gasteiger partial charge in [-0.05, 0) is 36.6 Å². The Balaban J connectivity index is 1.54. The van der Waals surface area contributed by atoms with Crippen LogP contribution in [-0.4, -0.2) is 16.1 Å². The summed E-state index contributed by atoms with van der Waals surface area (Å²) in [7, 11) is 0. The summed E-state index contributed by atoms with van der Waals surface area (Å²) < 4.78 is 0. The van der Waals surface area contributed by atoms with Crippen molar-refractivity contribution in [2.45, 2.75) is 32.1 Å². The van der Waals surface area contributed by atoms with Crippen molar-refractivity contribution in [2.75, 3.05) is 5.32 Å². The zero-order chi connectivity index (χ0) is 17.8. The number of benzene rings is 2. The van der Waals surface area contributed by atoms with Crippen LogP contribution in [0.5, 0.6) is 0 Å². The van der Waals surface area contributed by atoms with Crippen molar-refractivity contribution >= 4 is 34.6 Å². The Kier molecular flexibility index (Phi) is 4.82. The van der Waals surface area contributed by atoms with Gasteiger partial charge in [0.15, 0.2) is 0 Å². The molecule has 1 saturated carbocycles. The van der Waals surface area contributed by atoms with Gasteiger partial charge in [0, 0.05) is 17.0 Å². The first-order valence-corrected chi connectivity index (χ1v) is 9.32. The van der Waals surface area contributed by atoms with Crippen LogP contribution in [0.25, 0.3) is 23.1 Å². The molecule has 1 heterocycles. The number of nitrogens with one attached hydrogen (secondary N) is 2. The van der Waals surface area contributed by atoms with Crippen LogP contribution in [0, 0.1) is 5.92 Å². The number of hydrogen-bond donors (Lipinski definition) is 2. The molecule has 1 fully saturated rings. The van der Waals surface area contributed by atoms with Crippen LogP contribution in [0.2, 0.25) is 0 Å². The van der Waals surface area contributed by atoms with Gasteiger partial charge in [0.1, 0.15) is 0 Å². The van der Waals surface area contributed by atoms with Gasteiger partial charge in [-0.2, -0.15) is 5.10 Å². The summed E-state index contributed by atoms with van der Waals surface area (Å²) in [4.78, 5) is 12.6. The number of aromatic nitrogens is 2. The van der Waals surface area contributed by atoms with E-state index in [0.717, 1.165) is 53.5 Å². The molecule has 3 aromatic rings. The molecule has 0 spiro atoms. The lowest BCUT2D eigenvalue weighted by molar-refractivity contribution is -0.120. The lowest BCUT2D eigenvalue weighted by Gasteiger charge is -2.21. The van der Waals surface area contributed by atoms with E-state index in [2.05, 4.69) is 21.6 Å². The van der Waals surface area contributed by atoms with Crippen LogP contribution in [-0.2, 0) is 4.79 Å². The van der Waals surface area contributed by atoms with Crippen molar-refractivity contribution in [2.24, 2.45) is 5.92 Å². The van der Waals surface area contributed by atoms with E-state index in [0.29, 0.717) is 0 Å². The molecule has 0 bridgehead atoms. The second kappa shape index (κ2) is 7.56. The third-order valence-electron chi connectivity index (χ3n) is 5.12. The first kappa shape index (κ1) is 16.6. The zero-order valence-electron chi connectivity index (χ0n) is 14.7. The molecule has 1 amide bonds. The zero-order valence-corrected chi connectivity index (χ0v) is 14.7. The molecule has 0 radical (unpaired) electrons. The number of para-hydroxylation sites is 2. The van der Waals surface area contributed by atoms with Crippen molar-refractivity contribution < 1.29 is 4.79 Å². The predicted molar refractivity (Wildman–Crippen MR) is 107 cm³/mol. The Morgan fingerprint density at radius 2 is 1.77 bits per heavy atom. The van der Waals surface area contributed by atoms with Crippen molar-refractivity contribution in [1.29, 1.82) is 0 Å². The summed E-state index contributed by atoms with van der Waals surface area (Å²) in [5.41, 5.74) is 3.77. The van der Waals surface area contributed by atoms with Crippen LogP contribution < -0.4 is 5.32 Å². The summed E-state index contributed by atoms with van der Waals surface area (Å²) in [6, 6.07) is 16.0. The number of H-pyrrole nitrogens is 1. The maximum Gasteiger partial charge on any atom is 0.227 e. The number of anilines is 1. The highest BCUT2D eigenvalue weighted by atomic mass is 16.1. The number of carbonyl (C=O) groups is 1. The van der Waals surface area contributed by atoms with E-state index >= 15 is 0 Å². The Bertz CT molecular complexity index is 935. The van der Waals surface area contributed by atoms with Gasteiger partial charge in [-0.1, -0.05) is 61.7 Å². The third kappa shape index (κ3) is 3.54. The molecule has 0 saturated heterocycles. The average molecular weight is 345 g/mol. The highest BCUT2D eigenvalue weighted by molar-refractivity contribution is 5.96. The summed E-state index contributed by atoms with van der Waals surface area (Å²) in [5.74, 6) is 0.298. The van der Waals surface area contributed by atoms with Gasteiger partial charge in [-0.15, -0.1) is 0 Å². The van der Waals surface area contributed by atoms with Crippen LogP contribution in [0.15, 0.2) is 48.5 Å². The maximum absolute atomic E-state index is 12.6. The number of amides is 1. The van der Waals surface area contributed by atoms with Crippen molar-refractivity contribution in [3.05, 3.63) is 59.8 Å². The fraction of sp³-hybridized carbons (Fsp3) is 0.273. The van der Waals surface area contributed by atoms with Crippen LogP contribution >= 0.6 is 0 Å². The number of aromatic amines is 1. The highest BCUT2D eigenvalue weighted by Crippen LogP contribution is 2.26. The van der Waals surface area contributed by atoms with E-state index in [1.54, 1.807) is 0 Å². The van der Waals surface area contributed by atoms with Gasteiger partial charge in [0.05, 0.1) is 11.2 Å². The van der Waals surface area contributed by atoms with Gasteiger partial charge in [-0.25, -0.2) is 0 Å². The second-order valence-electron chi connectivity index (χ2n) is 6.90. The van der Waals surface area contributed by atoms with E-state index in [4.69, 9.17) is 0 Å². The molecular weight excluding hydrogens is 322 g/mol. The molecule has 4 heteroatoms. The minimum absolute atomic E-state index is 0.149. The van der Waals surface area contributed by atoms with Crippen molar-refractivity contribution in [3.8, 4) is 0 Å². The molecule has 2 aromatic carbocycles. The van der Waals surface area contributed by atoms with Gasteiger partial charge < -0.3 is 5.32 Å². The molecule has 2 N–H and O–H groups in total. The predicted octanol–water partition coefficient (Wildman–Crippen LogP) is 5.25. The molecule has 1 aliphatic rings. The standard InChI is InChI=1S/C22H23N3O/c26-22(17-9-2-1-3-10-17)23-19-12-6-4-8-16(19)14-15-21-18-11-5-7-13-20(18)24-25-21/h4-8,11-15,17H,1-3,9-10H2,(H,23,26)(H,24,25). The normalized spacial score (nSPS) is 15.5. The van der Waals surface area contributed by atoms with Crippen LogP contribution in [0.1, 0.15) is 43.4 Å². The first-order chi connectivity index (χ1) is 12.8. The fourth-order valence-electron chi connectivity index (χ4n) is 3.64. The van der Waals surface area contributed by atoms with Crippen molar-refractivity contribution in [1.82, 2.24) is 10.2 Å². The van der Waals surface area contributed by atoms with Crippen LogP contribution in [0.4, 0.5) is 5.69 Å². The number of carbonyl (C=O) groups excluding carboxylic acids is 1. The first-order valence-electron chi connectivity index (χ1n) is 9.32. The molecule has 4 nitrogen and oxygen atoms in total. The van der Waals surface area contributed by atoms with Crippen LogP contribution in [0.3, 0.4) is 0 Å². The number of fused-ring (bicyclic) bond motifs is 1. The van der Waals surface area contributed by atoms with Gasteiger partial charge in [0.2, 0.25) is 5.91 Å². The lowest BCUT2D eigenvalue weighted by atomic mass is 9.88. The average Bonchev–Trinajstić information content (AvgIpc) is 3.11. The quantitative estimate of drug-likeness (QED) is 0.678. The smallest absolute Gasteiger partial charge is 0.227 e. The largest absolute Gasteiger partial charge is 0.325 e. The number of hydrogen-bond acceptors (Lipinski definition) is 2. The lowest BCUT2D eigenvalue weighted by Crippen LogP contribution is -2.25. The Morgan fingerprint density at radius 3 is 2.65 bits per heavy atom. The monoisotopic (exact) mass is 345 g/mol. The van der Waals surface area contributed by atoms with Gasteiger partial charge >= 0.3 is 0 Å². The molecule has 0 atom stereocenters. The van der Waals surface area contributed by atoms with E-state index in [1.807, 2.05) is 54.6 Å². The van der Waals surface area contributed by atoms with E-state index in [-0.39, 0.29) is 11.8 Å². The summed E-state index contributed by atoms with van der Waals surface area (Å²) >= 11 is 0. The topological polar surface area (TPSA) is 57.8 Å². The SMILES string of the molecule is O=C(Nc1ccccc1C=Cc1n[nH]c2ccccc12)C1CCCCC1. The minimum atomic E-state index is 0.149. The molecular formula is C22H23N3O. The number of nitrogens with zero attached hydrogens (tertiary/aromatic N) is 1. The molecule has 0 unspecified atom stereocenters. The van der Waals surface area contributed by atoms with E-state index < -0.39 is 0 Å². The molecule has 4 rings (SSSR count).